The Bertz CT molecular complexity index is 330. The molecule has 0 bridgehead atoms. The van der Waals surface area contributed by atoms with Gasteiger partial charge in [0, 0.05) is 18.9 Å². The number of ether oxygens (including phenoxy) is 1. The second-order valence-corrected chi connectivity index (χ2v) is 5.47. The molecule has 1 saturated heterocycles. The Labute approximate surface area is 103 Å². The zero-order valence-electron chi connectivity index (χ0n) is 11.0. The summed E-state index contributed by atoms with van der Waals surface area (Å²) < 4.78 is 5.29. The molecule has 1 aliphatic rings. The first-order valence-electron chi connectivity index (χ1n) is 5.89. The Morgan fingerprint density at radius 3 is 2.59 bits per heavy atom. The molecule has 2 unspecified atom stereocenters. The standard InChI is InChI=1S/C13H21NO3/c1-6-10-7-11(15)9(2)14(8-10)12(16)17-13(3,4)5/h6,9-10H,1,7-8H2,2-5H3. The molecule has 0 aromatic heterocycles. The van der Waals surface area contributed by atoms with E-state index in [1.807, 2.05) is 20.8 Å². The Morgan fingerprint density at radius 1 is 1.53 bits per heavy atom. The number of hydrogen-bond acceptors (Lipinski definition) is 3. The van der Waals surface area contributed by atoms with Crippen LogP contribution >= 0.6 is 0 Å². The first kappa shape index (κ1) is 13.7. The lowest BCUT2D eigenvalue weighted by molar-refractivity contribution is -0.127. The number of nitrogens with zero attached hydrogens (tertiary/aromatic N) is 1. The number of ketones is 1. The summed E-state index contributed by atoms with van der Waals surface area (Å²) in [4.78, 5) is 25.2. The maximum absolute atomic E-state index is 11.9. The third-order valence-electron chi connectivity index (χ3n) is 2.79. The predicted molar refractivity (Wildman–Crippen MR) is 65.7 cm³/mol. The zero-order valence-corrected chi connectivity index (χ0v) is 11.0. The summed E-state index contributed by atoms with van der Waals surface area (Å²) in [6.45, 7) is 11.4. The van der Waals surface area contributed by atoms with E-state index in [0.717, 1.165) is 0 Å². The highest BCUT2D eigenvalue weighted by molar-refractivity contribution is 5.88. The highest BCUT2D eigenvalue weighted by Crippen LogP contribution is 2.22. The Balaban J connectivity index is 2.76. The number of rotatable bonds is 1. The largest absolute Gasteiger partial charge is 0.444 e. The number of hydrogen-bond donors (Lipinski definition) is 0. The molecule has 1 amide bonds. The summed E-state index contributed by atoms with van der Waals surface area (Å²) in [6.07, 6.45) is 1.76. The van der Waals surface area contributed by atoms with Gasteiger partial charge in [-0.15, -0.1) is 6.58 Å². The highest BCUT2D eigenvalue weighted by atomic mass is 16.6. The van der Waals surface area contributed by atoms with E-state index in [2.05, 4.69) is 6.58 Å². The topological polar surface area (TPSA) is 46.6 Å². The smallest absolute Gasteiger partial charge is 0.410 e. The van der Waals surface area contributed by atoms with Crippen molar-refractivity contribution in [2.24, 2.45) is 5.92 Å². The van der Waals surface area contributed by atoms with Crippen molar-refractivity contribution >= 4 is 11.9 Å². The molecular weight excluding hydrogens is 218 g/mol. The second kappa shape index (κ2) is 4.90. The third kappa shape index (κ3) is 3.58. The van der Waals surface area contributed by atoms with Crippen LogP contribution in [0.25, 0.3) is 0 Å². The fourth-order valence-corrected chi connectivity index (χ4v) is 1.79. The SMILES string of the molecule is C=CC1CC(=O)C(C)N(C(=O)OC(C)(C)C)C1. The van der Waals surface area contributed by atoms with Crippen LogP contribution in [0.3, 0.4) is 0 Å². The van der Waals surface area contributed by atoms with E-state index < -0.39 is 17.7 Å². The van der Waals surface area contributed by atoms with Crippen LogP contribution in [0.1, 0.15) is 34.1 Å². The number of amides is 1. The molecule has 1 heterocycles. The maximum Gasteiger partial charge on any atom is 0.410 e. The molecule has 0 aromatic rings. The van der Waals surface area contributed by atoms with Crippen LogP contribution in [0.2, 0.25) is 0 Å². The molecule has 1 aliphatic heterocycles. The molecule has 2 atom stereocenters. The first-order valence-corrected chi connectivity index (χ1v) is 5.89. The molecule has 0 aromatic carbocycles. The second-order valence-electron chi connectivity index (χ2n) is 5.47. The number of carbonyl (C=O) groups is 2. The third-order valence-corrected chi connectivity index (χ3v) is 2.79. The van der Waals surface area contributed by atoms with Crippen molar-refractivity contribution in [2.75, 3.05) is 6.54 Å². The van der Waals surface area contributed by atoms with E-state index in [1.165, 1.54) is 4.90 Å². The van der Waals surface area contributed by atoms with E-state index in [0.29, 0.717) is 13.0 Å². The molecule has 96 valence electrons. The van der Waals surface area contributed by atoms with Crippen molar-refractivity contribution in [2.45, 2.75) is 45.8 Å². The van der Waals surface area contributed by atoms with Crippen molar-refractivity contribution < 1.29 is 14.3 Å². The van der Waals surface area contributed by atoms with Crippen molar-refractivity contribution in [3.8, 4) is 0 Å². The van der Waals surface area contributed by atoms with E-state index in [9.17, 15) is 9.59 Å². The molecule has 17 heavy (non-hydrogen) atoms. The molecule has 0 aliphatic carbocycles. The number of carbonyl (C=O) groups excluding carboxylic acids is 2. The lowest BCUT2D eigenvalue weighted by Crippen LogP contribution is -2.51. The zero-order chi connectivity index (χ0) is 13.2. The van der Waals surface area contributed by atoms with Gasteiger partial charge in [-0.25, -0.2) is 4.79 Å². The van der Waals surface area contributed by atoms with E-state index in [-0.39, 0.29) is 11.7 Å². The highest BCUT2D eigenvalue weighted by Gasteiger charge is 2.35. The van der Waals surface area contributed by atoms with Crippen LogP contribution < -0.4 is 0 Å². The predicted octanol–water partition coefficient (Wildman–Crippen LogP) is 2.39. The maximum atomic E-state index is 11.9. The minimum atomic E-state index is -0.541. The quantitative estimate of drug-likeness (QED) is 0.660. The molecule has 0 saturated carbocycles. The molecule has 4 heteroatoms. The molecule has 1 fully saturated rings. The van der Waals surface area contributed by atoms with Crippen molar-refractivity contribution in [1.82, 2.24) is 4.90 Å². The molecular formula is C13H21NO3. The first-order chi connectivity index (χ1) is 7.74. The average molecular weight is 239 g/mol. The van der Waals surface area contributed by atoms with Gasteiger partial charge in [0.1, 0.15) is 5.60 Å². The number of Topliss-reactive ketones (excluding diaryl/α,β-unsaturated/α-hetero) is 1. The summed E-state index contributed by atoms with van der Waals surface area (Å²) in [6, 6.07) is -0.402. The average Bonchev–Trinajstić information content (AvgIpc) is 2.19. The van der Waals surface area contributed by atoms with Crippen LogP contribution in [0.4, 0.5) is 4.79 Å². The van der Waals surface area contributed by atoms with Crippen LogP contribution in [0.15, 0.2) is 12.7 Å². The Kier molecular flexibility index (Phi) is 3.96. The van der Waals surface area contributed by atoms with Gasteiger partial charge in [0.15, 0.2) is 5.78 Å². The molecule has 1 rings (SSSR count). The van der Waals surface area contributed by atoms with Crippen LogP contribution in [-0.2, 0) is 9.53 Å². The summed E-state index contributed by atoms with van der Waals surface area (Å²) in [7, 11) is 0. The van der Waals surface area contributed by atoms with Gasteiger partial charge in [-0.05, 0) is 27.7 Å². The minimum Gasteiger partial charge on any atom is -0.444 e. The summed E-state index contributed by atoms with van der Waals surface area (Å²) >= 11 is 0. The minimum absolute atomic E-state index is 0.0335. The van der Waals surface area contributed by atoms with Crippen molar-refractivity contribution in [3.63, 3.8) is 0 Å². The van der Waals surface area contributed by atoms with Crippen LogP contribution in [-0.4, -0.2) is 35.0 Å². The number of piperidine rings is 1. The number of likely N-dealkylation sites (tertiary alicyclic amines) is 1. The summed E-state index contributed by atoms with van der Waals surface area (Å²) in [5.74, 6) is 0.0956. The van der Waals surface area contributed by atoms with Gasteiger partial charge in [-0.2, -0.15) is 0 Å². The lowest BCUT2D eigenvalue weighted by Gasteiger charge is -2.36. The van der Waals surface area contributed by atoms with E-state index >= 15 is 0 Å². The molecule has 0 spiro atoms. The molecule has 0 radical (unpaired) electrons. The Morgan fingerprint density at radius 2 is 2.12 bits per heavy atom. The summed E-state index contributed by atoms with van der Waals surface area (Å²) in [5, 5.41) is 0. The van der Waals surface area contributed by atoms with Gasteiger partial charge in [0.05, 0.1) is 6.04 Å². The summed E-state index contributed by atoms with van der Waals surface area (Å²) in [5.41, 5.74) is -0.541. The van der Waals surface area contributed by atoms with Gasteiger partial charge < -0.3 is 4.74 Å². The lowest BCUT2D eigenvalue weighted by atomic mass is 9.93. The van der Waals surface area contributed by atoms with Crippen molar-refractivity contribution in [3.05, 3.63) is 12.7 Å². The molecule has 0 N–H and O–H groups in total. The fraction of sp³-hybridized carbons (Fsp3) is 0.692. The van der Waals surface area contributed by atoms with Gasteiger partial charge in [-0.1, -0.05) is 6.08 Å². The fourth-order valence-electron chi connectivity index (χ4n) is 1.79. The van der Waals surface area contributed by atoms with E-state index in [1.54, 1.807) is 13.0 Å². The van der Waals surface area contributed by atoms with Crippen LogP contribution in [0.5, 0.6) is 0 Å². The van der Waals surface area contributed by atoms with Crippen LogP contribution in [0, 0.1) is 5.92 Å². The van der Waals surface area contributed by atoms with Gasteiger partial charge >= 0.3 is 6.09 Å². The monoisotopic (exact) mass is 239 g/mol. The normalized spacial score (nSPS) is 25.6. The van der Waals surface area contributed by atoms with E-state index in [4.69, 9.17) is 4.74 Å². The van der Waals surface area contributed by atoms with Gasteiger partial charge in [0.2, 0.25) is 0 Å². The van der Waals surface area contributed by atoms with Crippen molar-refractivity contribution in [1.29, 1.82) is 0 Å². The van der Waals surface area contributed by atoms with Gasteiger partial charge in [0.25, 0.3) is 0 Å². The molecule has 4 nitrogen and oxygen atoms in total. The Hall–Kier alpha value is -1.32. The van der Waals surface area contributed by atoms with Gasteiger partial charge in [-0.3, -0.25) is 9.69 Å².